The summed E-state index contributed by atoms with van der Waals surface area (Å²) >= 11 is 4.00. The molecule has 61 heavy (non-hydrogen) atoms. The van der Waals surface area contributed by atoms with Gasteiger partial charge in [0.25, 0.3) is 11.8 Å². The Morgan fingerprint density at radius 2 is 0.869 bits per heavy atom. The SMILES string of the molecule is CN(C(=O)CCCC(=O)CNC(=O)CCC(=O)CNC(=O)CCN1C(=O)C=CC1=O)N(C)C(=O)CCCC(=O)CNC(=O)CCC(=O)CNC(=O)CCN1C(=O)CC(S)C1=O. The van der Waals surface area contributed by atoms with Gasteiger partial charge < -0.3 is 21.3 Å². The minimum Gasteiger partial charge on any atom is -0.349 e. The molecule has 1 fully saturated rings. The molecule has 0 aromatic heterocycles. The van der Waals surface area contributed by atoms with Crippen LogP contribution < -0.4 is 21.3 Å². The molecule has 0 spiro atoms. The Hall–Kier alpha value is -6.13. The van der Waals surface area contributed by atoms with Gasteiger partial charge >= 0.3 is 0 Å². The molecule has 1 atom stereocenters. The molecule has 0 saturated carbocycles. The third kappa shape index (κ3) is 19.2. The first-order chi connectivity index (χ1) is 28.8. The number of ketones is 4. The highest BCUT2D eigenvalue weighted by Gasteiger charge is 2.36. The van der Waals surface area contributed by atoms with Crippen molar-refractivity contribution >= 4 is 94.8 Å². The number of hydrogen-bond donors (Lipinski definition) is 5. The smallest absolute Gasteiger partial charge is 0.253 e. The van der Waals surface area contributed by atoms with Gasteiger partial charge in [0.1, 0.15) is 0 Å². The largest absolute Gasteiger partial charge is 0.349 e. The average Bonchev–Trinajstić information content (AvgIpc) is 3.68. The van der Waals surface area contributed by atoms with E-state index in [0.29, 0.717) is 0 Å². The molecule has 23 heteroatoms. The van der Waals surface area contributed by atoms with E-state index in [1.807, 2.05) is 0 Å². The van der Waals surface area contributed by atoms with Gasteiger partial charge in [-0.1, -0.05) is 0 Å². The second-order valence-electron chi connectivity index (χ2n) is 14.1. The molecule has 2 aliphatic heterocycles. The number of Topliss-reactive ketones (excluding diaryl/α,β-unsaturated/α-hetero) is 4. The first-order valence-corrected chi connectivity index (χ1v) is 20.0. The van der Waals surface area contributed by atoms with Crippen LogP contribution in [0.25, 0.3) is 0 Å². The lowest BCUT2D eigenvalue weighted by Gasteiger charge is -2.28. The number of likely N-dealkylation sites (tertiary alicyclic amines) is 1. The third-order valence-corrected chi connectivity index (χ3v) is 9.71. The van der Waals surface area contributed by atoms with Crippen LogP contribution in [-0.2, 0) is 67.1 Å². The molecule has 2 aliphatic rings. The molecule has 1 saturated heterocycles. The first-order valence-electron chi connectivity index (χ1n) is 19.5. The molecular formula is C38H52N8O14S. The number of amides is 10. The molecule has 0 radical (unpaired) electrons. The lowest BCUT2D eigenvalue weighted by atomic mass is 10.1. The molecule has 4 N–H and O–H groups in total. The van der Waals surface area contributed by atoms with Gasteiger partial charge in [-0.3, -0.25) is 86.9 Å². The lowest BCUT2D eigenvalue weighted by Crippen LogP contribution is -2.44. The summed E-state index contributed by atoms with van der Waals surface area (Å²) in [6.07, 6.45) is 0.865. The molecule has 0 aliphatic carbocycles. The number of carbonyl (C=O) groups is 14. The Bertz CT molecular complexity index is 1780. The van der Waals surface area contributed by atoms with Crippen LogP contribution in [0.1, 0.15) is 83.5 Å². The number of thiol groups is 1. The van der Waals surface area contributed by atoms with E-state index in [-0.39, 0.29) is 134 Å². The van der Waals surface area contributed by atoms with Crippen molar-refractivity contribution in [1.82, 2.24) is 41.1 Å². The fourth-order valence-electron chi connectivity index (χ4n) is 5.51. The second kappa shape index (κ2) is 26.2. The lowest BCUT2D eigenvalue weighted by molar-refractivity contribution is -0.158. The van der Waals surface area contributed by atoms with Crippen LogP contribution in [0.4, 0.5) is 0 Å². The van der Waals surface area contributed by atoms with Gasteiger partial charge in [0.15, 0.2) is 23.1 Å². The zero-order valence-corrected chi connectivity index (χ0v) is 35.0. The summed E-state index contributed by atoms with van der Waals surface area (Å²) in [5.74, 6) is -6.78. The first kappa shape index (κ1) is 51.0. The number of nitrogens with zero attached hydrogens (tertiary/aromatic N) is 4. The summed E-state index contributed by atoms with van der Waals surface area (Å²) < 4.78 is 0. The van der Waals surface area contributed by atoms with Crippen LogP contribution >= 0.6 is 12.6 Å². The summed E-state index contributed by atoms with van der Waals surface area (Å²) in [5, 5.41) is 10.9. The summed E-state index contributed by atoms with van der Waals surface area (Å²) in [5.41, 5.74) is 0. The van der Waals surface area contributed by atoms with Crippen molar-refractivity contribution < 1.29 is 67.1 Å². The van der Waals surface area contributed by atoms with Gasteiger partial charge in [0, 0.05) is 110 Å². The van der Waals surface area contributed by atoms with E-state index in [9.17, 15) is 67.1 Å². The van der Waals surface area contributed by atoms with Gasteiger partial charge in [-0.15, -0.1) is 0 Å². The highest BCUT2D eigenvalue weighted by Crippen LogP contribution is 2.17. The third-order valence-electron chi connectivity index (χ3n) is 9.30. The summed E-state index contributed by atoms with van der Waals surface area (Å²) in [6, 6.07) is 0. The molecule has 10 amide bonds. The van der Waals surface area contributed by atoms with Gasteiger partial charge in [-0.05, 0) is 12.8 Å². The van der Waals surface area contributed by atoms with Gasteiger partial charge in [0.05, 0.1) is 31.4 Å². The highest BCUT2D eigenvalue weighted by molar-refractivity contribution is 7.81. The number of hydrazine groups is 1. The minimum absolute atomic E-state index is 0.0399. The highest BCUT2D eigenvalue weighted by atomic mass is 32.1. The predicted molar refractivity (Wildman–Crippen MR) is 213 cm³/mol. The van der Waals surface area contributed by atoms with E-state index >= 15 is 0 Å². The minimum atomic E-state index is -0.731. The summed E-state index contributed by atoms with van der Waals surface area (Å²) in [7, 11) is 2.73. The molecule has 1 unspecified atom stereocenters. The van der Waals surface area contributed by atoms with Crippen LogP contribution in [-0.4, -0.2) is 161 Å². The number of imide groups is 2. The Labute approximate surface area is 356 Å². The van der Waals surface area contributed by atoms with Crippen molar-refractivity contribution in [2.45, 2.75) is 88.7 Å². The molecule has 22 nitrogen and oxygen atoms in total. The van der Waals surface area contributed by atoms with Crippen molar-refractivity contribution in [3.8, 4) is 0 Å². The molecule has 334 valence electrons. The van der Waals surface area contributed by atoms with Gasteiger partial charge in [-0.25, -0.2) is 0 Å². The molecule has 2 heterocycles. The van der Waals surface area contributed by atoms with Crippen molar-refractivity contribution in [1.29, 1.82) is 0 Å². The quantitative estimate of drug-likeness (QED) is 0.0302. The molecule has 0 aromatic carbocycles. The standard InChI is InChI=1S/C38H52N8O14S/c1-43(33(55)7-3-5-24(47)20-39-29(51)11-9-26(49)22-41-31(53)15-17-45-35(57)13-14-36(45)58)44(2)34(56)8-4-6-25(48)21-40-30(52)12-10-27(50)23-42-32(54)16-18-46-37(59)19-28(61)38(46)60/h13-14,28,61H,3-12,15-23H2,1-2H3,(H,39,51)(H,40,52)(H,41,53)(H,42,54). The maximum absolute atomic E-state index is 12.6. The zero-order valence-electron chi connectivity index (χ0n) is 34.1. The van der Waals surface area contributed by atoms with E-state index in [0.717, 1.165) is 32.0 Å². The summed E-state index contributed by atoms with van der Waals surface area (Å²) in [6.45, 7) is -1.63. The van der Waals surface area contributed by atoms with E-state index in [1.54, 1.807) is 0 Å². The van der Waals surface area contributed by atoms with Crippen molar-refractivity contribution in [2.24, 2.45) is 0 Å². The monoisotopic (exact) mass is 876 g/mol. The van der Waals surface area contributed by atoms with Crippen LogP contribution in [0.5, 0.6) is 0 Å². The van der Waals surface area contributed by atoms with E-state index < -0.39 is 75.9 Å². The maximum atomic E-state index is 12.6. The van der Waals surface area contributed by atoms with Gasteiger partial charge in [-0.2, -0.15) is 12.6 Å². The Morgan fingerprint density at radius 3 is 1.23 bits per heavy atom. The fraction of sp³-hybridized carbons (Fsp3) is 0.579. The van der Waals surface area contributed by atoms with Crippen LogP contribution in [0, 0.1) is 0 Å². The number of nitrogens with one attached hydrogen (secondary N) is 4. The van der Waals surface area contributed by atoms with Crippen LogP contribution in [0.2, 0.25) is 0 Å². The van der Waals surface area contributed by atoms with Gasteiger partial charge in [0.2, 0.25) is 47.3 Å². The van der Waals surface area contributed by atoms with Crippen LogP contribution in [0.3, 0.4) is 0 Å². The van der Waals surface area contributed by atoms with Crippen LogP contribution in [0.15, 0.2) is 12.2 Å². The number of hydrogen-bond acceptors (Lipinski definition) is 15. The average molecular weight is 877 g/mol. The number of carbonyl (C=O) groups excluding carboxylic acids is 14. The molecular weight excluding hydrogens is 825 g/mol. The molecule has 2 rings (SSSR count). The Morgan fingerprint density at radius 1 is 0.525 bits per heavy atom. The number of rotatable bonds is 28. The van der Waals surface area contributed by atoms with Crippen molar-refractivity contribution in [3.05, 3.63) is 12.2 Å². The van der Waals surface area contributed by atoms with Crippen molar-refractivity contribution in [2.75, 3.05) is 53.4 Å². The topological polar surface area (TPSA) is 300 Å². The Kier molecular flexibility index (Phi) is 21.9. The molecule has 0 bridgehead atoms. The summed E-state index contributed by atoms with van der Waals surface area (Å²) in [4.78, 5) is 170. The normalized spacial score (nSPS) is 14.4. The second-order valence-corrected chi connectivity index (χ2v) is 14.7. The van der Waals surface area contributed by atoms with E-state index in [4.69, 9.17) is 0 Å². The zero-order chi connectivity index (χ0) is 45.6. The predicted octanol–water partition coefficient (Wildman–Crippen LogP) is -2.78. The van der Waals surface area contributed by atoms with E-state index in [2.05, 4.69) is 33.9 Å². The van der Waals surface area contributed by atoms with E-state index in [1.165, 1.54) is 14.1 Å². The Balaban J connectivity index is 1.50. The fourth-order valence-corrected chi connectivity index (χ4v) is 5.81. The maximum Gasteiger partial charge on any atom is 0.253 e. The molecule has 0 aromatic rings. The van der Waals surface area contributed by atoms with Crippen molar-refractivity contribution in [3.63, 3.8) is 0 Å².